The number of esters is 1. The second kappa shape index (κ2) is 6.78. The quantitative estimate of drug-likeness (QED) is 0.680. The van der Waals surface area contributed by atoms with Gasteiger partial charge in [-0.2, -0.15) is 0 Å². The standard InChI is InChI=1S/C25H40O5/c1-14(26)30-16-12-18-23(4)10-9-19(27)22(2,3)17(23)8-11-24(18,5)25(6)20(28)13-15(29-7)21(16)25/h15-18,20-21,28H,8-13H2,1-7H3. The number of ether oxygens (including phenoxy) is 2. The Morgan fingerprint density at radius 2 is 1.70 bits per heavy atom. The zero-order valence-corrected chi connectivity index (χ0v) is 19.8. The van der Waals surface area contributed by atoms with Gasteiger partial charge in [-0.1, -0.05) is 34.6 Å². The van der Waals surface area contributed by atoms with E-state index in [1.165, 1.54) is 6.92 Å². The van der Waals surface area contributed by atoms with E-state index in [1.807, 2.05) is 0 Å². The van der Waals surface area contributed by atoms with Gasteiger partial charge in [-0.05, 0) is 48.3 Å². The molecule has 0 aromatic heterocycles. The molecule has 0 bridgehead atoms. The Bertz CT molecular complexity index is 746. The van der Waals surface area contributed by atoms with Crippen LogP contribution in [-0.4, -0.2) is 42.3 Å². The van der Waals surface area contributed by atoms with Crippen LogP contribution >= 0.6 is 0 Å². The highest BCUT2D eigenvalue weighted by Gasteiger charge is 2.73. The molecule has 5 heteroatoms. The molecule has 170 valence electrons. The first-order valence-corrected chi connectivity index (χ1v) is 11.8. The van der Waals surface area contributed by atoms with Gasteiger partial charge in [0.25, 0.3) is 0 Å². The van der Waals surface area contributed by atoms with E-state index in [4.69, 9.17) is 9.47 Å². The van der Waals surface area contributed by atoms with Crippen LogP contribution in [-0.2, 0) is 19.1 Å². The summed E-state index contributed by atoms with van der Waals surface area (Å²) in [5.74, 6) is 0.705. The van der Waals surface area contributed by atoms with Gasteiger partial charge in [0.15, 0.2) is 0 Å². The minimum Gasteiger partial charge on any atom is -0.462 e. The molecule has 1 N–H and O–H groups in total. The molecule has 0 amide bonds. The molecule has 4 aliphatic carbocycles. The molecule has 5 nitrogen and oxygen atoms in total. The van der Waals surface area contributed by atoms with Crippen molar-refractivity contribution in [2.45, 2.75) is 98.4 Å². The van der Waals surface area contributed by atoms with E-state index in [0.29, 0.717) is 24.5 Å². The fourth-order valence-electron chi connectivity index (χ4n) is 9.09. The summed E-state index contributed by atoms with van der Waals surface area (Å²) in [6.07, 6.45) is 4.02. The van der Waals surface area contributed by atoms with Crippen molar-refractivity contribution in [2.75, 3.05) is 7.11 Å². The summed E-state index contributed by atoms with van der Waals surface area (Å²) < 4.78 is 11.8. The highest BCUT2D eigenvalue weighted by atomic mass is 16.5. The first-order valence-electron chi connectivity index (χ1n) is 11.8. The van der Waals surface area contributed by atoms with Crippen LogP contribution in [0.5, 0.6) is 0 Å². The van der Waals surface area contributed by atoms with Gasteiger partial charge < -0.3 is 14.6 Å². The average molecular weight is 421 g/mol. The molecule has 0 heterocycles. The van der Waals surface area contributed by atoms with Crippen molar-refractivity contribution in [3.05, 3.63) is 0 Å². The molecule has 4 rings (SSSR count). The predicted molar refractivity (Wildman–Crippen MR) is 114 cm³/mol. The van der Waals surface area contributed by atoms with Crippen molar-refractivity contribution in [1.29, 1.82) is 0 Å². The molecule has 4 saturated carbocycles. The topological polar surface area (TPSA) is 72.8 Å². The molecule has 0 aliphatic heterocycles. The molecule has 0 aromatic rings. The third kappa shape index (κ3) is 2.60. The zero-order chi connectivity index (χ0) is 22.3. The molecular weight excluding hydrogens is 380 g/mol. The Morgan fingerprint density at radius 1 is 1.03 bits per heavy atom. The maximum atomic E-state index is 12.8. The van der Waals surface area contributed by atoms with Gasteiger partial charge in [0.05, 0.1) is 12.2 Å². The van der Waals surface area contributed by atoms with E-state index >= 15 is 0 Å². The van der Waals surface area contributed by atoms with E-state index in [2.05, 4.69) is 34.6 Å². The number of hydrogen-bond donors (Lipinski definition) is 1. The van der Waals surface area contributed by atoms with E-state index in [0.717, 1.165) is 25.7 Å². The number of Topliss-reactive ketones (excluding diaryl/α,β-unsaturated/α-hetero) is 1. The van der Waals surface area contributed by atoms with Gasteiger partial charge in [-0.3, -0.25) is 9.59 Å². The Labute approximate surface area is 181 Å². The van der Waals surface area contributed by atoms with E-state index in [1.54, 1.807) is 7.11 Å². The third-order valence-corrected chi connectivity index (χ3v) is 10.8. The van der Waals surface area contributed by atoms with Crippen LogP contribution < -0.4 is 0 Å². The van der Waals surface area contributed by atoms with Crippen molar-refractivity contribution in [2.24, 2.45) is 39.4 Å². The highest BCUT2D eigenvalue weighted by molar-refractivity contribution is 5.85. The molecule has 9 unspecified atom stereocenters. The Morgan fingerprint density at radius 3 is 2.30 bits per heavy atom. The maximum Gasteiger partial charge on any atom is 0.302 e. The van der Waals surface area contributed by atoms with Gasteiger partial charge >= 0.3 is 5.97 Å². The third-order valence-electron chi connectivity index (χ3n) is 10.8. The molecular formula is C25H40O5. The summed E-state index contributed by atoms with van der Waals surface area (Å²) in [4.78, 5) is 24.9. The smallest absolute Gasteiger partial charge is 0.302 e. The maximum absolute atomic E-state index is 12.8. The van der Waals surface area contributed by atoms with Crippen LogP contribution in [0.15, 0.2) is 0 Å². The van der Waals surface area contributed by atoms with Gasteiger partial charge in [-0.15, -0.1) is 0 Å². The number of ketones is 1. The molecule has 9 atom stereocenters. The van der Waals surface area contributed by atoms with Crippen molar-refractivity contribution in [3.63, 3.8) is 0 Å². The molecule has 30 heavy (non-hydrogen) atoms. The Kier molecular flexibility index (Phi) is 5.03. The highest BCUT2D eigenvalue weighted by Crippen LogP contribution is 2.74. The molecule has 0 saturated heterocycles. The number of aliphatic hydroxyl groups excluding tert-OH is 1. The van der Waals surface area contributed by atoms with Gasteiger partial charge in [0.2, 0.25) is 0 Å². The monoisotopic (exact) mass is 420 g/mol. The number of carbonyl (C=O) groups excluding carboxylic acids is 2. The summed E-state index contributed by atoms with van der Waals surface area (Å²) in [5.41, 5.74) is -0.826. The van der Waals surface area contributed by atoms with Crippen molar-refractivity contribution >= 4 is 11.8 Å². The fraction of sp³-hybridized carbons (Fsp3) is 0.920. The van der Waals surface area contributed by atoms with Crippen LogP contribution in [0.1, 0.15) is 80.1 Å². The predicted octanol–water partition coefficient (Wildman–Crippen LogP) is 4.15. The normalized spacial score (nSPS) is 52.2. The minimum absolute atomic E-state index is 0.0122. The average Bonchev–Trinajstić information content (AvgIpc) is 2.92. The van der Waals surface area contributed by atoms with Crippen LogP contribution in [0.3, 0.4) is 0 Å². The van der Waals surface area contributed by atoms with Crippen molar-refractivity contribution < 1.29 is 24.2 Å². The number of fused-ring (bicyclic) bond motifs is 5. The minimum atomic E-state index is -0.489. The van der Waals surface area contributed by atoms with Crippen molar-refractivity contribution in [3.8, 4) is 0 Å². The SMILES string of the molecule is COC1CC(O)C2(C)C1C(OC(C)=O)CC1C3(C)CCC(=O)C(C)(C)C3CCC12C. The summed E-state index contributed by atoms with van der Waals surface area (Å²) in [5, 5.41) is 11.4. The lowest BCUT2D eigenvalue weighted by molar-refractivity contribution is -0.249. The first-order chi connectivity index (χ1) is 13.8. The van der Waals surface area contributed by atoms with Crippen LogP contribution in [0.2, 0.25) is 0 Å². The number of rotatable bonds is 2. The van der Waals surface area contributed by atoms with E-state index in [9.17, 15) is 14.7 Å². The second-order valence-corrected chi connectivity index (χ2v) is 11.9. The second-order valence-electron chi connectivity index (χ2n) is 11.9. The lowest BCUT2D eigenvalue weighted by Crippen LogP contribution is -2.68. The summed E-state index contributed by atoms with van der Waals surface area (Å²) in [6, 6.07) is 0. The Balaban J connectivity index is 1.84. The molecule has 4 fully saturated rings. The molecule has 0 spiro atoms. The molecule has 0 aromatic carbocycles. The van der Waals surface area contributed by atoms with E-state index in [-0.39, 0.29) is 46.3 Å². The van der Waals surface area contributed by atoms with Crippen LogP contribution in [0.25, 0.3) is 0 Å². The summed E-state index contributed by atoms with van der Waals surface area (Å²) in [7, 11) is 1.70. The summed E-state index contributed by atoms with van der Waals surface area (Å²) >= 11 is 0. The zero-order valence-electron chi connectivity index (χ0n) is 19.8. The van der Waals surface area contributed by atoms with E-state index < -0.39 is 11.5 Å². The largest absolute Gasteiger partial charge is 0.462 e. The first kappa shape index (κ1) is 22.3. The van der Waals surface area contributed by atoms with Crippen LogP contribution in [0, 0.1) is 39.4 Å². The lowest BCUT2D eigenvalue weighted by atomic mass is 9.35. The van der Waals surface area contributed by atoms with Crippen molar-refractivity contribution in [1.82, 2.24) is 0 Å². The number of methoxy groups -OCH3 is 1. The number of aliphatic hydroxyl groups is 1. The lowest BCUT2D eigenvalue weighted by Gasteiger charge is -2.69. The summed E-state index contributed by atoms with van der Waals surface area (Å²) in [6.45, 7) is 12.7. The van der Waals surface area contributed by atoms with Crippen LogP contribution in [0.4, 0.5) is 0 Å². The van der Waals surface area contributed by atoms with Gasteiger partial charge in [-0.25, -0.2) is 0 Å². The Hall–Kier alpha value is -0.940. The molecule has 0 radical (unpaired) electrons. The number of carbonyl (C=O) groups is 2. The fourth-order valence-corrected chi connectivity index (χ4v) is 9.09. The number of hydrogen-bond acceptors (Lipinski definition) is 5. The van der Waals surface area contributed by atoms with Gasteiger partial charge in [0, 0.05) is 43.6 Å². The molecule has 4 aliphatic rings. The van der Waals surface area contributed by atoms with Gasteiger partial charge in [0.1, 0.15) is 11.9 Å².